The van der Waals surface area contributed by atoms with Crippen molar-refractivity contribution in [3.63, 3.8) is 0 Å². The van der Waals surface area contributed by atoms with Crippen LogP contribution in [-0.2, 0) is 6.54 Å². The van der Waals surface area contributed by atoms with Crippen molar-refractivity contribution < 1.29 is 5.11 Å². The first-order chi connectivity index (χ1) is 8.58. The third-order valence-corrected chi connectivity index (χ3v) is 4.35. The fourth-order valence-corrected chi connectivity index (χ4v) is 2.85. The van der Waals surface area contributed by atoms with Gasteiger partial charge in [-0.2, -0.15) is 0 Å². The SMILES string of the molecule is Cc1ccc(C(C)NCc2cccc(Cl)c2O)s1. The molecule has 2 nitrogen and oxygen atoms in total. The predicted molar refractivity (Wildman–Crippen MR) is 77.4 cm³/mol. The Morgan fingerprint density at radius 1 is 1.33 bits per heavy atom. The number of phenolic OH excluding ortho intramolecular Hbond substituents is 1. The van der Waals surface area contributed by atoms with Gasteiger partial charge in [-0.3, -0.25) is 0 Å². The maximum atomic E-state index is 9.82. The quantitative estimate of drug-likeness (QED) is 0.877. The number of nitrogens with one attached hydrogen (secondary N) is 1. The van der Waals surface area contributed by atoms with Gasteiger partial charge in [-0.15, -0.1) is 11.3 Å². The molecule has 1 atom stereocenters. The predicted octanol–water partition coefficient (Wildman–Crippen LogP) is 4.27. The van der Waals surface area contributed by atoms with Gasteiger partial charge in [0.1, 0.15) is 5.75 Å². The number of aromatic hydroxyl groups is 1. The van der Waals surface area contributed by atoms with Crippen LogP contribution in [0.1, 0.15) is 28.3 Å². The Morgan fingerprint density at radius 2 is 2.11 bits per heavy atom. The number of hydrogen-bond donors (Lipinski definition) is 2. The number of benzene rings is 1. The summed E-state index contributed by atoms with van der Waals surface area (Å²) in [6, 6.07) is 9.93. The van der Waals surface area contributed by atoms with Gasteiger partial charge in [0.2, 0.25) is 0 Å². The Labute approximate surface area is 116 Å². The van der Waals surface area contributed by atoms with Crippen molar-refractivity contribution in [3.05, 3.63) is 50.7 Å². The minimum Gasteiger partial charge on any atom is -0.506 e. The molecule has 1 unspecified atom stereocenters. The van der Waals surface area contributed by atoms with Crippen LogP contribution in [0.3, 0.4) is 0 Å². The molecule has 0 saturated carbocycles. The molecule has 0 fully saturated rings. The fraction of sp³-hybridized carbons (Fsp3) is 0.286. The van der Waals surface area contributed by atoms with Crippen LogP contribution in [0.4, 0.5) is 0 Å². The van der Waals surface area contributed by atoms with Crippen LogP contribution >= 0.6 is 22.9 Å². The van der Waals surface area contributed by atoms with E-state index in [1.807, 2.05) is 12.1 Å². The van der Waals surface area contributed by atoms with Gasteiger partial charge in [0.15, 0.2) is 0 Å². The lowest BCUT2D eigenvalue weighted by Crippen LogP contribution is -2.17. The molecule has 1 aromatic heterocycles. The second kappa shape index (κ2) is 5.74. The Bertz CT molecular complexity index is 538. The molecule has 0 bridgehead atoms. The molecule has 4 heteroatoms. The van der Waals surface area contributed by atoms with Crippen molar-refractivity contribution >= 4 is 22.9 Å². The van der Waals surface area contributed by atoms with Crippen LogP contribution < -0.4 is 5.32 Å². The van der Waals surface area contributed by atoms with Crippen LogP contribution in [0.2, 0.25) is 5.02 Å². The van der Waals surface area contributed by atoms with Crippen LogP contribution in [0.25, 0.3) is 0 Å². The van der Waals surface area contributed by atoms with E-state index < -0.39 is 0 Å². The third kappa shape index (κ3) is 3.05. The van der Waals surface area contributed by atoms with Crippen molar-refractivity contribution in [1.29, 1.82) is 0 Å². The lowest BCUT2D eigenvalue weighted by atomic mass is 10.2. The zero-order valence-corrected chi connectivity index (χ0v) is 12.0. The molecule has 0 aliphatic rings. The number of thiophene rings is 1. The standard InChI is InChI=1S/C14H16ClNOS/c1-9-6-7-13(18-9)10(2)16-8-11-4-3-5-12(15)14(11)17/h3-7,10,16-17H,8H2,1-2H3. The van der Waals surface area contributed by atoms with E-state index in [1.54, 1.807) is 17.4 Å². The lowest BCUT2D eigenvalue weighted by Gasteiger charge is -2.13. The molecule has 0 radical (unpaired) electrons. The van der Waals surface area contributed by atoms with Crippen molar-refractivity contribution in [2.24, 2.45) is 0 Å². The van der Waals surface area contributed by atoms with Crippen LogP contribution in [0.15, 0.2) is 30.3 Å². The number of aryl methyl sites for hydroxylation is 1. The van der Waals surface area contributed by atoms with E-state index in [-0.39, 0.29) is 11.8 Å². The summed E-state index contributed by atoms with van der Waals surface area (Å²) in [5.74, 6) is 0.168. The minimum absolute atomic E-state index is 0.168. The molecule has 0 aliphatic heterocycles. The summed E-state index contributed by atoms with van der Waals surface area (Å²) >= 11 is 7.66. The largest absolute Gasteiger partial charge is 0.506 e. The van der Waals surface area contributed by atoms with E-state index in [0.29, 0.717) is 11.6 Å². The van der Waals surface area contributed by atoms with Crippen LogP contribution in [-0.4, -0.2) is 5.11 Å². The molecule has 1 aromatic carbocycles. The first kappa shape index (κ1) is 13.4. The van der Waals surface area contributed by atoms with E-state index in [4.69, 9.17) is 11.6 Å². The number of halogens is 1. The van der Waals surface area contributed by atoms with Gasteiger partial charge >= 0.3 is 0 Å². The zero-order valence-electron chi connectivity index (χ0n) is 10.4. The summed E-state index contributed by atoms with van der Waals surface area (Å²) in [5, 5.41) is 13.6. The van der Waals surface area contributed by atoms with E-state index in [1.165, 1.54) is 9.75 Å². The van der Waals surface area contributed by atoms with Crippen molar-refractivity contribution in [1.82, 2.24) is 5.32 Å². The second-order valence-electron chi connectivity index (χ2n) is 4.30. The molecular formula is C14H16ClNOS. The smallest absolute Gasteiger partial charge is 0.138 e. The van der Waals surface area contributed by atoms with E-state index in [9.17, 15) is 5.11 Å². The Hall–Kier alpha value is -1.03. The number of hydrogen-bond acceptors (Lipinski definition) is 3. The van der Waals surface area contributed by atoms with Crippen molar-refractivity contribution in [3.8, 4) is 5.75 Å². The monoisotopic (exact) mass is 281 g/mol. The molecule has 1 heterocycles. The molecular weight excluding hydrogens is 266 g/mol. The van der Waals surface area contributed by atoms with Gasteiger partial charge in [0.05, 0.1) is 5.02 Å². The number of para-hydroxylation sites is 1. The van der Waals surface area contributed by atoms with Gasteiger partial charge in [0, 0.05) is 27.9 Å². The van der Waals surface area contributed by atoms with Crippen molar-refractivity contribution in [2.75, 3.05) is 0 Å². The average molecular weight is 282 g/mol. The third-order valence-electron chi connectivity index (χ3n) is 2.86. The summed E-state index contributed by atoms with van der Waals surface area (Å²) in [7, 11) is 0. The highest BCUT2D eigenvalue weighted by Crippen LogP contribution is 2.28. The molecule has 0 spiro atoms. The van der Waals surface area contributed by atoms with Gasteiger partial charge in [-0.05, 0) is 32.0 Å². The zero-order chi connectivity index (χ0) is 13.1. The fourth-order valence-electron chi connectivity index (χ4n) is 1.75. The Kier molecular flexibility index (Phi) is 4.27. The Morgan fingerprint density at radius 3 is 2.78 bits per heavy atom. The first-order valence-corrected chi connectivity index (χ1v) is 7.03. The lowest BCUT2D eigenvalue weighted by molar-refractivity contribution is 0.461. The van der Waals surface area contributed by atoms with Gasteiger partial charge < -0.3 is 10.4 Å². The summed E-state index contributed by atoms with van der Waals surface area (Å²) in [6.45, 7) is 4.82. The first-order valence-electron chi connectivity index (χ1n) is 5.84. The van der Waals surface area contributed by atoms with Gasteiger partial charge in [-0.1, -0.05) is 23.7 Å². The number of rotatable bonds is 4. The normalized spacial score (nSPS) is 12.6. The van der Waals surface area contributed by atoms with E-state index >= 15 is 0 Å². The summed E-state index contributed by atoms with van der Waals surface area (Å²) < 4.78 is 0. The molecule has 0 amide bonds. The molecule has 96 valence electrons. The van der Waals surface area contributed by atoms with E-state index in [0.717, 1.165) is 5.56 Å². The van der Waals surface area contributed by atoms with Gasteiger partial charge in [0.25, 0.3) is 0 Å². The summed E-state index contributed by atoms with van der Waals surface area (Å²) in [6.07, 6.45) is 0. The number of phenols is 1. The second-order valence-corrected chi connectivity index (χ2v) is 6.03. The highest BCUT2D eigenvalue weighted by atomic mass is 35.5. The summed E-state index contributed by atoms with van der Waals surface area (Å²) in [5.41, 5.74) is 0.822. The minimum atomic E-state index is 0.168. The van der Waals surface area contributed by atoms with Gasteiger partial charge in [-0.25, -0.2) is 0 Å². The molecule has 18 heavy (non-hydrogen) atoms. The molecule has 0 saturated heterocycles. The van der Waals surface area contributed by atoms with Crippen LogP contribution in [0.5, 0.6) is 5.75 Å². The molecule has 2 N–H and O–H groups in total. The van der Waals surface area contributed by atoms with Crippen LogP contribution in [0, 0.1) is 6.92 Å². The highest BCUT2D eigenvalue weighted by Gasteiger charge is 2.09. The van der Waals surface area contributed by atoms with Crippen molar-refractivity contribution in [2.45, 2.75) is 26.4 Å². The maximum Gasteiger partial charge on any atom is 0.138 e. The van der Waals surface area contributed by atoms with E-state index in [2.05, 4.69) is 31.3 Å². The molecule has 0 aliphatic carbocycles. The average Bonchev–Trinajstić information content (AvgIpc) is 2.77. The Balaban J connectivity index is 2.01. The maximum absolute atomic E-state index is 9.82. The topological polar surface area (TPSA) is 32.3 Å². The summed E-state index contributed by atoms with van der Waals surface area (Å²) in [4.78, 5) is 2.61. The molecule has 2 aromatic rings. The highest BCUT2D eigenvalue weighted by molar-refractivity contribution is 7.12. The molecule has 2 rings (SSSR count).